The van der Waals surface area contributed by atoms with Crippen LogP contribution in [0, 0.1) is 18.3 Å². The molecule has 2 heterocycles. The van der Waals surface area contributed by atoms with Crippen molar-refractivity contribution in [3.05, 3.63) is 47.7 Å². The summed E-state index contributed by atoms with van der Waals surface area (Å²) >= 11 is 0. The number of benzene rings is 1. The molecule has 0 saturated carbocycles. The first kappa shape index (κ1) is 14.2. The molecule has 1 aromatic carbocycles. The van der Waals surface area contributed by atoms with E-state index >= 15 is 0 Å². The number of hydrogen-bond donors (Lipinski definition) is 1. The summed E-state index contributed by atoms with van der Waals surface area (Å²) in [5.41, 5.74) is 2.12. The quantitative estimate of drug-likeness (QED) is 0.764. The second kappa shape index (κ2) is 4.91. The van der Waals surface area contributed by atoms with Crippen LogP contribution >= 0.6 is 0 Å². The molecule has 3 rings (SSSR count). The molecular weight excluding hydrogens is 302 g/mol. The van der Waals surface area contributed by atoms with E-state index in [1.165, 1.54) is 4.52 Å². The van der Waals surface area contributed by atoms with Crippen LogP contribution in [-0.4, -0.2) is 23.0 Å². The van der Waals surface area contributed by atoms with Gasteiger partial charge in [0, 0.05) is 11.3 Å². The van der Waals surface area contributed by atoms with Gasteiger partial charge in [-0.3, -0.25) is 0 Å². The van der Waals surface area contributed by atoms with Gasteiger partial charge in [-0.25, -0.2) is 23.1 Å². The van der Waals surface area contributed by atoms with E-state index in [0.29, 0.717) is 11.4 Å². The first-order valence-corrected chi connectivity index (χ1v) is 7.85. The highest BCUT2D eigenvalue weighted by atomic mass is 32.2. The van der Waals surface area contributed by atoms with E-state index in [4.69, 9.17) is 5.14 Å². The van der Waals surface area contributed by atoms with Gasteiger partial charge in [0.2, 0.25) is 5.03 Å². The first-order chi connectivity index (χ1) is 10.4. The lowest BCUT2D eigenvalue weighted by Gasteiger charge is -2.05. The Kier molecular flexibility index (Phi) is 3.16. The number of fused-ring (bicyclic) bond motifs is 1. The van der Waals surface area contributed by atoms with Crippen molar-refractivity contribution in [2.45, 2.75) is 11.9 Å². The summed E-state index contributed by atoms with van der Waals surface area (Å²) in [5.74, 6) is 0. The zero-order valence-electron chi connectivity index (χ0n) is 11.6. The third-order valence-corrected chi connectivity index (χ3v) is 3.96. The Labute approximate surface area is 126 Å². The second-order valence-corrected chi connectivity index (χ2v) is 6.20. The summed E-state index contributed by atoms with van der Waals surface area (Å²) < 4.78 is 24.6. The van der Waals surface area contributed by atoms with E-state index in [-0.39, 0.29) is 11.2 Å². The van der Waals surface area contributed by atoms with Crippen LogP contribution < -0.4 is 5.14 Å². The Balaban J connectivity index is 2.47. The minimum atomic E-state index is -4.11. The SMILES string of the molecule is Cc1cc(-c2ccccc2)n2nc(S(N)(=O)=O)c(C#N)c2n1. The van der Waals surface area contributed by atoms with Gasteiger partial charge in [-0.05, 0) is 13.0 Å². The van der Waals surface area contributed by atoms with Crippen LogP contribution in [0.4, 0.5) is 0 Å². The summed E-state index contributed by atoms with van der Waals surface area (Å²) in [7, 11) is -4.11. The maximum atomic E-state index is 11.6. The fourth-order valence-electron chi connectivity index (χ4n) is 2.23. The normalized spacial score (nSPS) is 11.5. The molecule has 8 heteroatoms. The molecule has 0 amide bonds. The minimum Gasteiger partial charge on any atom is -0.233 e. The monoisotopic (exact) mass is 313 g/mol. The molecule has 0 atom stereocenters. The standard InChI is InChI=1S/C14H11N5O2S/c1-9-7-12(10-5-3-2-4-6-10)19-13(17-9)11(8-15)14(18-19)22(16,20)21/h2-7H,1H3,(H2,16,20,21). The molecule has 0 aliphatic heterocycles. The topological polar surface area (TPSA) is 114 Å². The third-order valence-electron chi connectivity index (χ3n) is 3.14. The number of aryl methyl sites for hydroxylation is 1. The molecule has 0 radical (unpaired) electrons. The van der Waals surface area contributed by atoms with Gasteiger partial charge in [0.25, 0.3) is 10.0 Å². The summed E-state index contributed by atoms with van der Waals surface area (Å²) in [6, 6.07) is 12.9. The third kappa shape index (κ3) is 2.22. The molecule has 0 unspecified atom stereocenters. The largest absolute Gasteiger partial charge is 0.258 e. The predicted octanol–water partition coefficient (Wildman–Crippen LogP) is 1.22. The highest BCUT2D eigenvalue weighted by Crippen LogP contribution is 2.25. The number of hydrogen-bond acceptors (Lipinski definition) is 5. The van der Waals surface area contributed by atoms with Gasteiger partial charge >= 0.3 is 0 Å². The fraction of sp³-hybridized carbons (Fsp3) is 0.0714. The molecule has 3 aromatic rings. The molecule has 110 valence electrons. The zero-order valence-corrected chi connectivity index (χ0v) is 12.4. The van der Waals surface area contributed by atoms with Gasteiger partial charge in [0.1, 0.15) is 11.6 Å². The minimum absolute atomic E-state index is 0.150. The lowest BCUT2D eigenvalue weighted by molar-refractivity contribution is 0.592. The van der Waals surface area contributed by atoms with Crippen LogP contribution in [0.25, 0.3) is 16.9 Å². The van der Waals surface area contributed by atoms with Crippen LogP contribution in [0.1, 0.15) is 11.3 Å². The molecule has 0 aliphatic carbocycles. The van der Waals surface area contributed by atoms with Crippen LogP contribution in [-0.2, 0) is 10.0 Å². The van der Waals surface area contributed by atoms with E-state index in [2.05, 4.69) is 10.1 Å². The maximum absolute atomic E-state index is 11.6. The number of nitriles is 1. The van der Waals surface area contributed by atoms with Crippen LogP contribution in [0.15, 0.2) is 41.4 Å². The van der Waals surface area contributed by atoms with Gasteiger partial charge in [-0.15, -0.1) is 0 Å². The maximum Gasteiger partial charge on any atom is 0.258 e. The van der Waals surface area contributed by atoms with E-state index in [0.717, 1.165) is 5.56 Å². The molecule has 2 N–H and O–H groups in total. The lowest BCUT2D eigenvalue weighted by atomic mass is 10.1. The Hall–Kier alpha value is -2.76. The Morgan fingerprint density at radius 3 is 2.55 bits per heavy atom. The van der Waals surface area contributed by atoms with E-state index < -0.39 is 15.0 Å². The number of rotatable bonds is 2. The van der Waals surface area contributed by atoms with Crippen molar-refractivity contribution >= 4 is 15.7 Å². The predicted molar refractivity (Wildman–Crippen MR) is 79.2 cm³/mol. The summed E-state index contributed by atoms with van der Waals surface area (Å²) in [4.78, 5) is 4.22. The van der Waals surface area contributed by atoms with Gasteiger partial charge in [-0.1, -0.05) is 30.3 Å². The van der Waals surface area contributed by atoms with Gasteiger partial charge in [-0.2, -0.15) is 10.4 Å². The van der Waals surface area contributed by atoms with Gasteiger partial charge < -0.3 is 0 Å². The van der Waals surface area contributed by atoms with Crippen LogP contribution in [0.5, 0.6) is 0 Å². The highest BCUT2D eigenvalue weighted by Gasteiger charge is 2.24. The smallest absolute Gasteiger partial charge is 0.233 e. The van der Waals surface area contributed by atoms with Crippen molar-refractivity contribution in [3.8, 4) is 17.3 Å². The highest BCUT2D eigenvalue weighted by molar-refractivity contribution is 7.89. The average molecular weight is 313 g/mol. The number of nitrogens with zero attached hydrogens (tertiary/aromatic N) is 4. The van der Waals surface area contributed by atoms with Gasteiger partial charge in [0.15, 0.2) is 5.65 Å². The number of aromatic nitrogens is 3. The molecule has 0 saturated heterocycles. The second-order valence-electron chi connectivity index (χ2n) is 4.72. The van der Waals surface area contributed by atoms with E-state index in [9.17, 15) is 13.7 Å². The van der Waals surface area contributed by atoms with Crippen molar-refractivity contribution in [1.82, 2.24) is 14.6 Å². The number of primary sulfonamides is 1. The van der Waals surface area contributed by atoms with Crippen LogP contribution in [0.2, 0.25) is 0 Å². The van der Waals surface area contributed by atoms with Crippen LogP contribution in [0.3, 0.4) is 0 Å². The number of nitrogens with two attached hydrogens (primary N) is 1. The molecule has 22 heavy (non-hydrogen) atoms. The van der Waals surface area contributed by atoms with Gasteiger partial charge in [0.05, 0.1) is 5.69 Å². The molecule has 7 nitrogen and oxygen atoms in total. The Morgan fingerprint density at radius 2 is 1.95 bits per heavy atom. The van der Waals surface area contributed by atoms with Crippen molar-refractivity contribution < 1.29 is 8.42 Å². The average Bonchev–Trinajstić information content (AvgIpc) is 2.85. The fourth-order valence-corrected chi connectivity index (χ4v) is 2.85. The zero-order chi connectivity index (χ0) is 15.9. The number of sulfonamides is 1. The summed E-state index contributed by atoms with van der Waals surface area (Å²) in [5, 5.41) is 17.9. The Morgan fingerprint density at radius 1 is 1.27 bits per heavy atom. The van der Waals surface area contributed by atoms with Crippen molar-refractivity contribution in [1.29, 1.82) is 5.26 Å². The van der Waals surface area contributed by atoms with E-state index in [1.807, 2.05) is 36.4 Å². The van der Waals surface area contributed by atoms with Crippen molar-refractivity contribution in [2.24, 2.45) is 5.14 Å². The lowest BCUT2D eigenvalue weighted by Crippen LogP contribution is -2.14. The van der Waals surface area contributed by atoms with E-state index in [1.54, 1.807) is 13.0 Å². The Bertz CT molecular complexity index is 1020. The molecule has 0 spiro atoms. The summed E-state index contributed by atoms with van der Waals surface area (Å²) in [6.45, 7) is 1.76. The molecule has 0 aliphatic rings. The molecular formula is C14H11N5O2S. The van der Waals surface area contributed by atoms with Crippen molar-refractivity contribution in [2.75, 3.05) is 0 Å². The molecule has 0 bridgehead atoms. The molecule has 2 aromatic heterocycles. The summed E-state index contributed by atoms with van der Waals surface area (Å²) in [6.07, 6.45) is 0. The van der Waals surface area contributed by atoms with Crippen molar-refractivity contribution in [3.63, 3.8) is 0 Å². The first-order valence-electron chi connectivity index (χ1n) is 6.30. The molecule has 0 fully saturated rings.